The first kappa shape index (κ1) is 78.3. The SMILES string of the molecule is CCCCC/C=C\C/C=C\CCCCCCCC(=O)OCCCCCCCCCCCCCCCCCCCCCCCCCCCCCCCC(=O)NC(CO)C(O)CCCCCCCCCCCCCCCCCCCCC. The Balaban J connectivity index is 3.34. The monoisotopic (exact) mass is 1130 g/mol. The van der Waals surface area contributed by atoms with Crippen LogP contribution in [0.2, 0.25) is 0 Å². The number of carbonyl (C=O) groups is 2. The summed E-state index contributed by atoms with van der Waals surface area (Å²) in [6.45, 7) is 4.96. The Morgan fingerprint density at radius 3 is 0.975 bits per heavy atom. The second kappa shape index (κ2) is 69.8. The number of amides is 1. The van der Waals surface area contributed by atoms with E-state index in [1.165, 1.54) is 327 Å². The molecule has 0 aromatic heterocycles. The molecule has 2 unspecified atom stereocenters. The van der Waals surface area contributed by atoms with Crippen LogP contribution in [0.3, 0.4) is 0 Å². The maximum Gasteiger partial charge on any atom is 0.305 e. The van der Waals surface area contributed by atoms with E-state index >= 15 is 0 Å². The number of rotatable bonds is 69. The standard InChI is InChI=1S/C74H143NO5/c1-3-5-7-9-11-13-15-17-19-20-32-35-39-42-46-50-54-58-62-66-72(77)71(70-76)75-73(78)67-63-59-55-51-47-43-40-36-33-30-28-26-24-22-21-23-25-27-29-31-34-37-41-45-49-53-57-61-65-69-80-74(79)68-64-60-56-52-48-44-38-18-16-14-12-10-8-6-4-2/h12,14,18,38,71-72,76-77H,3-11,13,15-17,19-37,39-70H2,1-2H3,(H,75,78)/b14-12-,38-18-. The molecule has 1 amide bonds. The number of carbonyl (C=O) groups excluding carboxylic acids is 2. The highest BCUT2D eigenvalue weighted by atomic mass is 16.5. The third-order valence-corrected chi connectivity index (χ3v) is 17.3. The van der Waals surface area contributed by atoms with Gasteiger partial charge in [0.05, 0.1) is 25.4 Å². The van der Waals surface area contributed by atoms with E-state index in [0.29, 0.717) is 25.9 Å². The summed E-state index contributed by atoms with van der Waals surface area (Å²) < 4.78 is 5.49. The van der Waals surface area contributed by atoms with Crippen molar-refractivity contribution in [3.63, 3.8) is 0 Å². The summed E-state index contributed by atoms with van der Waals surface area (Å²) >= 11 is 0. The van der Waals surface area contributed by atoms with Gasteiger partial charge in [0, 0.05) is 12.8 Å². The summed E-state index contributed by atoms with van der Waals surface area (Å²) in [6.07, 6.45) is 88.1. The second-order valence-electron chi connectivity index (χ2n) is 25.3. The second-order valence-corrected chi connectivity index (χ2v) is 25.3. The Morgan fingerprint density at radius 1 is 0.350 bits per heavy atom. The zero-order chi connectivity index (χ0) is 57.8. The molecule has 0 spiro atoms. The minimum Gasteiger partial charge on any atom is -0.466 e. The first-order chi connectivity index (χ1) is 39.5. The molecule has 474 valence electrons. The van der Waals surface area contributed by atoms with Gasteiger partial charge in [-0.1, -0.05) is 366 Å². The number of hydrogen-bond acceptors (Lipinski definition) is 5. The number of aliphatic hydroxyl groups excluding tert-OH is 2. The lowest BCUT2D eigenvalue weighted by atomic mass is 10.0. The molecular formula is C74H143NO5. The highest BCUT2D eigenvalue weighted by molar-refractivity contribution is 5.76. The maximum absolute atomic E-state index is 12.5. The molecule has 80 heavy (non-hydrogen) atoms. The number of allylic oxidation sites excluding steroid dienone is 4. The third-order valence-electron chi connectivity index (χ3n) is 17.3. The molecule has 0 radical (unpaired) electrons. The topological polar surface area (TPSA) is 95.9 Å². The van der Waals surface area contributed by atoms with Gasteiger partial charge in [-0.15, -0.1) is 0 Å². The summed E-state index contributed by atoms with van der Waals surface area (Å²) in [5, 5.41) is 23.4. The van der Waals surface area contributed by atoms with Gasteiger partial charge in [0.2, 0.25) is 5.91 Å². The van der Waals surface area contributed by atoms with Crippen LogP contribution in [-0.4, -0.2) is 47.4 Å². The van der Waals surface area contributed by atoms with E-state index in [4.69, 9.17) is 4.74 Å². The zero-order valence-electron chi connectivity index (χ0n) is 54.3. The average Bonchev–Trinajstić information content (AvgIpc) is 3.46. The van der Waals surface area contributed by atoms with Crippen LogP contribution in [0, 0.1) is 0 Å². The molecule has 0 aliphatic carbocycles. The van der Waals surface area contributed by atoms with Gasteiger partial charge >= 0.3 is 5.97 Å². The smallest absolute Gasteiger partial charge is 0.305 e. The van der Waals surface area contributed by atoms with Crippen molar-refractivity contribution >= 4 is 11.9 Å². The summed E-state index contributed by atoms with van der Waals surface area (Å²) in [5.41, 5.74) is 0. The van der Waals surface area contributed by atoms with Crippen molar-refractivity contribution in [2.45, 2.75) is 424 Å². The fourth-order valence-electron chi connectivity index (χ4n) is 11.7. The van der Waals surface area contributed by atoms with E-state index in [0.717, 1.165) is 51.4 Å². The van der Waals surface area contributed by atoms with Crippen molar-refractivity contribution < 1.29 is 24.5 Å². The molecule has 2 atom stereocenters. The first-order valence-electron chi connectivity index (χ1n) is 36.6. The molecule has 0 aromatic rings. The predicted octanol–water partition coefficient (Wildman–Crippen LogP) is 23.7. The van der Waals surface area contributed by atoms with Crippen molar-refractivity contribution in [1.82, 2.24) is 5.32 Å². The molecule has 6 heteroatoms. The van der Waals surface area contributed by atoms with Crippen molar-refractivity contribution in [2.24, 2.45) is 0 Å². The summed E-state index contributed by atoms with van der Waals surface area (Å²) in [4.78, 5) is 24.6. The van der Waals surface area contributed by atoms with Crippen molar-refractivity contribution in [2.75, 3.05) is 13.2 Å². The van der Waals surface area contributed by atoms with E-state index in [1.807, 2.05) is 0 Å². The van der Waals surface area contributed by atoms with Gasteiger partial charge in [-0.05, 0) is 57.8 Å². The maximum atomic E-state index is 12.5. The van der Waals surface area contributed by atoms with Crippen LogP contribution in [-0.2, 0) is 14.3 Å². The molecule has 0 heterocycles. The van der Waals surface area contributed by atoms with Gasteiger partial charge in [0.15, 0.2) is 0 Å². The molecule has 0 rings (SSSR count). The number of nitrogens with one attached hydrogen (secondary N) is 1. The Bertz CT molecular complexity index is 1250. The van der Waals surface area contributed by atoms with Crippen LogP contribution in [0.1, 0.15) is 412 Å². The Hall–Kier alpha value is -1.66. The molecule has 0 saturated carbocycles. The quantitative estimate of drug-likeness (QED) is 0.0320. The van der Waals surface area contributed by atoms with Crippen LogP contribution in [0.5, 0.6) is 0 Å². The van der Waals surface area contributed by atoms with Gasteiger partial charge in [0.25, 0.3) is 0 Å². The fourth-order valence-corrected chi connectivity index (χ4v) is 11.7. The summed E-state index contributed by atoms with van der Waals surface area (Å²) in [5.74, 6) is -0.0209. The van der Waals surface area contributed by atoms with E-state index in [2.05, 4.69) is 43.5 Å². The van der Waals surface area contributed by atoms with Gasteiger partial charge in [-0.25, -0.2) is 0 Å². The Labute approximate surface area is 501 Å². The highest BCUT2D eigenvalue weighted by Crippen LogP contribution is 2.19. The number of hydrogen-bond donors (Lipinski definition) is 3. The third kappa shape index (κ3) is 65.5. The average molecular weight is 1130 g/mol. The predicted molar refractivity (Wildman–Crippen MR) is 352 cm³/mol. The van der Waals surface area contributed by atoms with Gasteiger partial charge in [0.1, 0.15) is 0 Å². The number of unbranched alkanes of at least 4 members (excludes halogenated alkanes) is 54. The highest BCUT2D eigenvalue weighted by Gasteiger charge is 2.20. The van der Waals surface area contributed by atoms with Crippen LogP contribution in [0.4, 0.5) is 0 Å². The molecule has 0 fully saturated rings. The molecular weight excluding hydrogens is 983 g/mol. The normalized spacial score (nSPS) is 12.6. The minimum absolute atomic E-state index is 0.00622. The molecule has 0 bridgehead atoms. The summed E-state index contributed by atoms with van der Waals surface area (Å²) in [6, 6.07) is -0.539. The molecule has 0 saturated heterocycles. The minimum atomic E-state index is -0.662. The zero-order valence-corrected chi connectivity index (χ0v) is 54.3. The lowest BCUT2D eigenvalue weighted by Gasteiger charge is -2.22. The van der Waals surface area contributed by atoms with E-state index in [9.17, 15) is 19.8 Å². The molecule has 6 nitrogen and oxygen atoms in total. The lowest BCUT2D eigenvalue weighted by molar-refractivity contribution is -0.143. The van der Waals surface area contributed by atoms with Crippen molar-refractivity contribution in [3.05, 3.63) is 24.3 Å². The Kier molecular flexibility index (Phi) is 68.4. The van der Waals surface area contributed by atoms with E-state index in [1.54, 1.807) is 0 Å². The van der Waals surface area contributed by atoms with Crippen LogP contribution in [0.15, 0.2) is 24.3 Å². The van der Waals surface area contributed by atoms with Crippen molar-refractivity contribution in [3.8, 4) is 0 Å². The summed E-state index contributed by atoms with van der Waals surface area (Å²) in [7, 11) is 0. The number of esters is 1. The van der Waals surface area contributed by atoms with Gasteiger partial charge < -0.3 is 20.3 Å². The van der Waals surface area contributed by atoms with Gasteiger partial charge in [-0.2, -0.15) is 0 Å². The lowest BCUT2D eigenvalue weighted by Crippen LogP contribution is -2.45. The molecule has 0 aromatic carbocycles. The Morgan fingerprint density at radius 2 is 0.625 bits per heavy atom. The van der Waals surface area contributed by atoms with E-state index < -0.39 is 12.1 Å². The van der Waals surface area contributed by atoms with Gasteiger partial charge in [-0.3, -0.25) is 9.59 Å². The van der Waals surface area contributed by atoms with Crippen LogP contribution in [0.25, 0.3) is 0 Å². The fraction of sp³-hybridized carbons (Fsp3) is 0.919. The number of ether oxygens (including phenoxy) is 1. The number of aliphatic hydroxyl groups is 2. The molecule has 0 aliphatic rings. The molecule has 0 aliphatic heterocycles. The van der Waals surface area contributed by atoms with Crippen LogP contribution >= 0.6 is 0 Å². The molecule has 3 N–H and O–H groups in total. The largest absolute Gasteiger partial charge is 0.466 e. The van der Waals surface area contributed by atoms with Crippen molar-refractivity contribution in [1.29, 1.82) is 0 Å². The van der Waals surface area contributed by atoms with E-state index in [-0.39, 0.29) is 18.5 Å². The van der Waals surface area contributed by atoms with Crippen LogP contribution < -0.4 is 5.32 Å². The first-order valence-corrected chi connectivity index (χ1v) is 36.6.